The van der Waals surface area contributed by atoms with Crippen LogP contribution in [0.4, 0.5) is 5.95 Å². The molecule has 5 heteroatoms. The fraction of sp³-hybridized carbons (Fsp3) is 0.286. The first kappa shape index (κ1) is 12.4. The quantitative estimate of drug-likeness (QED) is 0.853. The summed E-state index contributed by atoms with van der Waals surface area (Å²) in [5, 5.41) is 0. The fourth-order valence-corrected chi connectivity index (χ4v) is 2.84. The molecule has 0 aliphatic carbocycles. The van der Waals surface area contributed by atoms with Crippen LogP contribution in [0.3, 0.4) is 0 Å². The van der Waals surface area contributed by atoms with Gasteiger partial charge in [-0.2, -0.15) is 4.98 Å². The average molecular weight is 320 g/mol. The fourth-order valence-electron chi connectivity index (χ4n) is 2.31. The third kappa shape index (κ3) is 2.42. The Bertz CT molecular complexity index is 603. The molecule has 19 heavy (non-hydrogen) atoms. The number of hydrogen-bond donors (Lipinski definition) is 0. The van der Waals surface area contributed by atoms with Crippen molar-refractivity contribution in [3.8, 4) is 5.88 Å². The van der Waals surface area contributed by atoms with Crippen molar-refractivity contribution in [2.24, 2.45) is 0 Å². The van der Waals surface area contributed by atoms with Crippen molar-refractivity contribution >= 4 is 21.9 Å². The van der Waals surface area contributed by atoms with E-state index in [0.717, 1.165) is 29.9 Å². The summed E-state index contributed by atoms with van der Waals surface area (Å²) in [6, 6.07) is 8.11. The number of benzene rings is 1. The molecule has 1 aliphatic rings. The van der Waals surface area contributed by atoms with Crippen LogP contribution in [-0.4, -0.2) is 23.6 Å². The van der Waals surface area contributed by atoms with E-state index in [1.54, 1.807) is 19.4 Å². The minimum atomic E-state index is 0.600. The predicted octanol–water partition coefficient (Wildman–Crippen LogP) is 2.81. The average Bonchev–Trinajstić information content (AvgIpc) is 2.47. The minimum Gasteiger partial charge on any atom is -0.481 e. The molecule has 1 aromatic heterocycles. The molecule has 0 radical (unpaired) electrons. The van der Waals surface area contributed by atoms with Crippen molar-refractivity contribution in [2.75, 3.05) is 18.6 Å². The number of hydrogen-bond acceptors (Lipinski definition) is 4. The summed E-state index contributed by atoms with van der Waals surface area (Å²) in [5.74, 6) is 1.32. The third-order valence-electron chi connectivity index (χ3n) is 3.33. The summed E-state index contributed by atoms with van der Waals surface area (Å²) in [7, 11) is 1.62. The Morgan fingerprint density at radius 2 is 2.21 bits per heavy atom. The molecule has 0 bridgehead atoms. The lowest BCUT2D eigenvalue weighted by Crippen LogP contribution is -2.32. The van der Waals surface area contributed by atoms with Gasteiger partial charge >= 0.3 is 0 Å². The van der Waals surface area contributed by atoms with Gasteiger partial charge in [-0.05, 0) is 23.6 Å². The number of aromatic nitrogens is 2. The van der Waals surface area contributed by atoms with Gasteiger partial charge in [-0.1, -0.05) is 28.1 Å². The summed E-state index contributed by atoms with van der Waals surface area (Å²) in [4.78, 5) is 10.9. The van der Waals surface area contributed by atoms with Crippen LogP contribution in [-0.2, 0) is 13.0 Å². The van der Waals surface area contributed by atoms with Crippen LogP contribution >= 0.6 is 15.9 Å². The molecule has 4 nitrogen and oxygen atoms in total. The van der Waals surface area contributed by atoms with Gasteiger partial charge in [0.25, 0.3) is 0 Å². The lowest BCUT2D eigenvalue weighted by atomic mass is 10.0. The molecule has 0 saturated carbocycles. The zero-order chi connectivity index (χ0) is 13.2. The monoisotopic (exact) mass is 319 g/mol. The number of ether oxygens (including phenoxy) is 1. The highest BCUT2D eigenvalue weighted by Crippen LogP contribution is 2.28. The Balaban J connectivity index is 1.91. The second-order valence-electron chi connectivity index (χ2n) is 4.45. The largest absolute Gasteiger partial charge is 0.481 e. The molecule has 2 aromatic rings. The van der Waals surface area contributed by atoms with Gasteiger partial charge in [-0.25, -0.2) is 4.98 Å². The lowest BCUT2D eigenvalue weighted by molar-refractivity contribution is 0.396. The van der Waals surface area contributed by atoms with Crippen LogP contribution in [0.25, 0.3) is 0 Å². The van der Waals surface area contributed by atoms with Gasteiger partial charge in [-0.15, -0.1) is 0 Å². The summed E-state index contributed by atoms with van der Waals surface area (Å²) >= 11 is 3.62. The number of fused-ring (bicyclic) bond motifs is 1. The van der Waals surface area contributed by atoms with Gasteiger partial charge < -0.3 is 9.64 Å². The van der Waals surface area contributed by atoms with E-state index in [9.17, 15) is 0 Å². The number of methoxy groups -OCH3 is 1. The number of nitrogens with zero attached hydrogens (tertiary/aromatic N) is 3. The smallest absolute Gasteiger partial charge is 0.228 e. The molecule has 0 atom stereocenters. The lowest BCUT2D eigenvalue weighted by Gasteiger charge is -2.29. The molecule has 0 amide bonds. The maximum atomic E-state index is 5.15. The normalized spacial score (nSPS) is 14.1. The Hall–Kier alpha value is -1.62. The van der Waals surface area contributed by atoms with Gasteiger partial charge in [0.05, 0.1) is 7.11 Å². The Morgan fingerprint density at radius 3 is 3.05 bits per heavy atom. The zero-order valence-electron chi connectivity index (χ0n) is 10.6. The van der Waals surface area contributed by atoms with Crippen LogP contribution in [0.1, 0.15) is 11.1 Å². The van der Waals surface area contributed by atoms with E-state index in [-0.39, 0.29) is 0 Å². The first-order valence-electron chi connectivity index (χ1n) is 6.16. The van der Waals surface area contributed by atoms with Crippen molar-refractivity contribution < 1.29 is 4.74 Å². The molecule has 0 fully saturated rings. The van der Waals surface area contributed by atoms with Gasteiger partial charge in [-0.3, -0.25) is 0 Å². The molecule has 0 unspecified atom stereocenters. The number of halogens is 1. The topological polar surface area (TPSA) is 38.2 Å². The van der Waals surface area contributed by atoms with Crippen LogP contribution < -0.4 is 9.64 Å². The van der Waals surface area contributed by atoms with E-state index in [2.05, 4.69) is 49.0 Å². The summed E-state index contributed by atoms with van der Waals surface area (Å²) < 4.78 is 6.30. The third-order valence-corrected chi connectivity index (χ3v) is 4.07. The highest BCUT2D eigenvalue weighted by atomic mass is 79.9. The molecule has 1 aliphatic heterocycles. The van der Waals surface area contributed by atoms with E-state index in [4.69, 9.17) is 4.74 Å². The van der Waals surface area contributed by atoms with E-state index in [1.807, 2.05) is 0 Å². The Kier molecular flexibility index (Phi) is 3.38. The first-order chi connectivity index (χ1) is 9.28. The van der Waals surface area contributed by atoms with Crippen molar-refractivity contribution in [2.45, 2.75) is 13.0 Å². The molecule has 0 N–H and O–H groups in total. The van der Waals surface area contributed by atoms with Crippen molar-refractivity contribution in [1.29, 1.82) is 0 Å². The molecular formula is C14H14BrN3O. The summed E-state index contributed by atoms with van der Waals surface area (Å²) in [6.45, 7) is 1.75. The van der Waals surface area contributed by atoms with Crippen LogP contribution in [0.15, 0.2) is 34.9 Å². The maximum absolute atomic E-state index is 5.15. The molecule has 2 heterocycles. The standard InChI is InChI=1S/C14H14BrN3O/c1-19-13-5-7-16-14(17-13)18-8-6-10-3-2-4-12(15)11(10)9-18/h2-5,7H,6,8-9H2,1H3. The van der Waals surface area contributed by atoms with Crippen LogP contribution in [0.2, 0.25) is 0 Å². The molecule has 0 saturated heterocycles. The maximum Gasteiger partial charge on any atom is 0.228 e. The van der Waals surface area contributed by atoms with E-state index >= 15 is 0 Å². The van der Waals surface area contributed by atoms with E-state index < -0.39 is 0 Å². The Morgan fingerprint density at radius 1 is 1.32 bits per heavy atom. The first-order valence-corrected chi connectivity index (χ1v) is 6.95. The Labute approximate surface area is 120 Å². The molecular weight excluding hydrogens is 306 g/mol. The summed E-state index contributed by atoms with van der Waals surface area (Å²) in [6.07, 6.45) is 2.74. The van der Waals surface area contributed by atoms with Crippen molar-refractivity contribution in [1.82, 2.24) is 9.97 Å². The number of anilines is 1. The number of rotatable bonds is 2. The highest BCUT2D eigenvalue weighted by Gasteiger charge is 2.20. The van der Waals surface area contributed by atoms with Gasteiger partial charge in [0.2, 0.25) is 11.8 Å². The van der Waals surface area contributed by atoms with E-state index in [1.165, 1.54) is 11.1 Å². The van der Waals surface area contributed by atoms with Crippen molar-refractivity contribution in [3.05, 3.63) is 46.1 Å². The predicted molar refractivity (Wildman–Crippen MR) is 77.5 cm³/mol. The SMILES string of the molecule is COc1ccnc(N2CCc3cccc(Br)c3C2)n1. The summed E-state index contributed by atoms with van der Waals surface area (Å²) in [5.41, 5.74) is 2.72. The van der Waals surface area contributed by atoms with Crippen molar-refractivity contribution in [3.63, 3.8) is 0 Å². The zero-order valence-corrected chi connectivity index (χ0v) is 12.2. The second kappa shape index (κ2) is 5.17. The van der Waals surface area contributed by atoms with Crippen LogP contribution in [0, 0.1) is 0 Å². The highest BCUT2D eigenvalue weighted by molar-refractivity contribution is 9.10. The molecule has 1 aromatic carbocycles. The molecule has 0 spiro atoms. The second-order valence-corrected chi connectivity index (χ2v) is 5.30. The van der Waals surface area contributed by atoms with E-state index in [0.29, 0.717) is 5.88 Å². The van der Waals surface area contributed by atoms with Gasteiger partial charge in [0.15, 0.2) is 0 Å². The van der Waals surface area contributed by atoms with Gasteiger partial charge in [0.1, 0.15) is 0 Å². The van der Waals surface area contributed by atoms with Gasteiger partial charge in [0, 0.05) is 29.8 Å². The molecule has 98 valence electrons. The van der Waals surface area contributed by atoms with Crippen LogP contribution in [0.5, 0.6) is 5.88 Å². The molecule has 3 rings (SSSR count). The minimum absolute atomic E-state index is 0.600.